The van der Waals surface area contributed by atoms with Crippen molar-refractivity contribution in [1.29, 1.82) is 0 Å². The third-order valence-electron chi connectivity index (χ3n) is 3.36. The number of aryl methyl sites for hydroxylation is 1. The van der Waals surface area contributed by atoms with E-state index in [4.69, 9.17) is 0 Å². The van der Waals surface area contributed by atoms with Gasteiger partial charge in [0.25, 0.3) is 0 Å². The van der Waals surface area contributed by atoms with Gasteiger partial charge < -0.3 is 10.6 Å². The number of amides is 1. The second-order valence-corrected chi connectivity index (χ2v) is 6.02. The van der Waals surface area contributed by atoms with E-state index in [9.17, 15) is 4.79 Å². The quantitative estimate of drug-likeness (QED) is 0.902. The van der Waals surface area contributed by atoms with Crippen LogP contribution in [0.15, 0.2) is 5.38 Å². The van der Waals surface area contributed by atoms with Crippen molar-refractivity contribution in [3.05, 3.63) is 16.1 Å². The summed E-state index contributed by atoms with van der Waals surface area (Å²) in [5.74, 6) is 0.313. The Morgan fingerprint density at radius 2 is 2.37 bits per heavy atom. The van der Waals surface area contributed by atoms with Crippen molar-refractivity contribution in [3.8, 4) is 0 Å². The van der Waals surface area contributed by atoms with Crippen molar-refractivity contribution in [2.75, 3.05) is 6.54 Å². The van der Waals surface area contributed by atoms with Crippen LogP contribution < -0.4 is 10.6 Å². The lowest BCUT2D eigenvalue weighted by Crippen LogP contribution is -2.42. The van der Waals surface area contributed by atoms with Gasteiger partial charge in [-0.05, 0) is 40.2 Å². The molecule has 1 amide bonds. The molecule has 108 valence electrons. The maximum atomic E-state index is 12.2. The van der Waals surface area contributed by atoms with E-state index in [1.54, 1.807) is 11.3 Å². The molecule has 1 aliphatic rings. The lowest BCUT2D eigenvalue weighted by atomic mass is 9.92. The number of aromatic nitrogens is 1. The number of carbonyl (C=O) groups is 1. The van der Waals surface area contributed by atoms with Crippen molar-refractivity contribution >= 4 is 29.7 Å². The van der Waals surface area contributed by atoms with E-state index in [2.05, 4.69) is 22.5 Å². The minimum Gasteiger partial charge on any atom is -0.347 e. The zero-order valence-electron chi connectivity index (χ0n) is 11.6. The minimum absolute atomic E-state index is 0. The molecule has 19 heavy (non-hydrogen) atoms. The van der Waals surface area contributed by atoms with Crippen molar-refractivity contribution in [3.63, 3.8) is 0 Å². The third-order valence-corrected chi connectivity index (χ3v) is 4.51. The number of nitrogens with one attached hydrogen (secondary N) is 2. The van der Waals surface area contributed by atoms with Crippen LogP contribution in [-0.2, 0) is 4.79 Å². The van der Waals surface area contributed by atoms with Crippen LogP contribution in [0, 0.1) is 12.8 Å². The molecule has 2 N–H and O–H groups in total. The third kappa shape index (κ3) is 4.44. The summed E-state index contributed by atoms with van der Waals surface area (Å²) in [6.07, 6.45) is 1.86. The molecule has 1 saturated heterocycles. The summed E-state index contributed by atoms with van der Waals surface area (Å²) in [6, 6.07) is 0.452. The Hall–Kier alpha value is -0.650. The zero-order chi connectivity index (χ0) is 13.1. The Labute approximate surface area is 124 Å². The van der Waals surface area contributed by atoms with Gasteiger partial charge in [-0.3, -0.25) is 4.79 Å². The van der Waals surface area contributed by atoms with Crippen molar-refractivity contribution in [1.82, 2.24) is 15.6 Å². The number of piperidine rings is 1. The van der Waals surface area contributed by atoms with Gasteiger partial charge in [-0.2, -0.15) is 0 Å². The fourth-order valence-corrected chi connectivity index (χ4v) is 3.14. The van der Waals surface area contributed by atoms with Gasteiger partial charge in [0.1, 0.15) is 5.01 Å². The first-order valence-electron chi connectivity index (χ1n) is 6.52. The number of thiazole rings is 1. The first-order valence-corrected chi connectivity index (χ1v) is 7.40. The number of halogens is 1. The second kappa shape index (κ2) is 7.22. The highest BCUT2D eigenvalue weighted by Crippen LogP contribution is 2.20. The van der Waals surface area contributed by atoms with Crippen LogP contribution in [0.3, 0.4) is 0 Å². The van der Waals surface area contributed by atoms with Crippen molar-refractivity contribution in [2.24, 2.45) is 5.92 Å². The molecule has 6 heteroatoms. The molecule has 4 nitrogen and oxygen atoms in total. The molecule has 1 aromatic heterocycles. The smallest absolute Gasteiger partial charge is 0.223 e. The molecule has 0 saturated carbocycles. The number of hydrogen-bond acceptors (Lipinski definition) is 4. The SMILES string of the molecule is Cc1csc(C(C)NC(=O)[C@H]2CCN[C@@H](C)C2)n1.Cl. The van der Waals surface area contributed by atoms with Gasteiger partial charge in [0.05, 0.1) is 6.04 Å². The first kappa shape index (κ1) is 16.4. The van der Waals surface area contributed by atoms with Gasteiger partial charge in [-0.1, -0.05) is 0 Å². The first-order chi connectivity index (χ1) is 8.56. The molecule has 2 rings (SSSR count). The molecule has 0 aromatic carbocycles. The average Bonchev–Trinajstić information content (AvgIpc) is 2.76. The van der Waals surface area contributed by atoms with Crippen LogP contribution in [0.4, 0.5) is 0 Å². The molecule has 0 bridgehead atoms. The van der Waals surface area contributed by atoms with E-state index < -0.39 is 0 Å². The maximum Gasteiger partial charge on any atom is 0.223 e. The van der Waals surface area contributed by atoms with E-state index in [1.165, 1.54) is 0 Å². The summed E-state index contributed by atoms with van der Waals surface area (Å²) in [5.41, 5.74) is 1.02. The van der Waals surface area contributed by atoms with Gasteiger partial charge in [0.2, 0.25) is 5.91 Å². The Morgan fingerprint density at radius 1 is 1.63 bits per heavy atom. The lowest BCUT2D eigenvalue weighted by Gasteiger charge is -2.27. The summed E-state index contributed by atoms with van der Waals surface area (Å²) in [7, 11) is 0. The van der Waals surface area contributed by atoms with Crippen LogP contribution in [-0.4, -0.2) is 23.5 Å². The zero-order valence-corrected chi connectivity index (χ0v) is 13.2. The lowest BCUT2D eigenvalue weighted by molar-refractivity contribution is -0.126. The number of rotatable bonds is 3. The number of hydrogen-bond donors (Lipinski definition) is 2. The van der Waals surface area contributed by atoms with E-state index in [0.717, 1.165) is 30.1 Å². The molecule has 1 aliphatic heterocycles. The van der Waals surface area contributed by atoms with E-state index in [1.807, 2.05) is 19.2 Å². The normalized spacial score (nSPS) is 24.4. The van der Waals surface area contributed by atoms with Gasteiger partial charge in [-0.15, -0.1) is 23.7 Å². The van der Waals surface area contributed by atoms with E-state index >= 15 is 0 Å². The molecule has 0 radical (unpaired) electrons. The standard InChI is InChI=1S/C13H21N3OS.ClH/c1-8-6-11(4-5-14-8)12(17)16-10(3)13-15-9(2)7-18-13;/h7-8,10-11,14H,4-6H2,1-3H3,(H,16,17);1H/t8-,10?,11-;/m0./s1. The van der Waals surface area contributed by atoms with E-state index in [0.29, 0.717) is 6.04 Å². The Balaban J connectivity index is 0.00000180. The average molecular weight is 304 g/mol. The fraction of sp³-hybridized carbons (Fsp3) is 0.692. The molecular formula is C13H22ClN3OS. The predicted octanol–water partition coefficient (Wildman–Crippen LogP) is 2.44. The summed E-state index contributed by atoms with van der Waals surface area (Å²) >= 11 is 1.61. The molecule has 0 spiro atoms. The predicted molar refractivity (Wildman–Crippen MR) is 80.8 cm³/mol. The topological polar surface area (TPSA) is 54.0 Å². The van der Waals surface area contributed by atoms with Crippen LogP contribution in [0.1, 0.15) is 43.4 Å². The number of nitrogens with zero attached hydrogens (tertiary/aromatic N) is 1. The second-order valence-electron chi connectivity index (χ2n) is 5.13. The summed E-state index contributed by atoms with van der Waals surface area (Å²) in [5, 5.41) is 9.45. The fourth-order valence-electron chi connectivity index (χ4n) is 2.33. The van der Waals surface area contributed by atoms with Gasteiger partial charge in [0.15, 0.2) is 0 Å². The molecule has 1 fully saturated rings. The largest absolute Gasteiger partial charge is 0.347 e. The van der Waals surface area contributed by atoms with Gasteiger partial charge >= 0.3 is 0 Å². The Kier molecular flexibility index (Phi) is 6.23. The summed E-state index contributed by atoms with van der Waals surface area (Å²) in [4.78, 5) is 16.6. The van der Waals surface area contributed by atoms with Crippen LogP contribution in [0.25, 0.3) is 0 Å². The van der Waals surface area contributed by atoms with Crippen LogP contribution in [0.5, 0.6) is 0 Å². The number of carbonyl (C=O) groups excluding carboxylic acids is 1. The summed E-state index contributed by atoms with van der Waals surface area (Å²) < 4.78 is 0. The molecule has 1 aromatic rings. The van der Waals surface area contributed by atoms with Crippen LogP contribution in [0.2, 0.25) is 0 Å². The highest BCUT2D eigenvalue weighted by Gasteiger charge is 2.26. The van der Waals surface area contributed by atoms with Crippen LogP contribution >= 0.6 is 23.7 Å². The van der Waals surface area contributed by atoms with Gasteiger partial charge in [0, 0.05) is 23.0 Å². The summed E-state index contributed by atoms with van der Waals surface area (Å²) in [6.45, 7) is 7.04. The molecule has 3 atom stereocenters. The maximum absolute atomic E-state index is 12.2. The highest BCUT2D eigenvalue weighted by atomic mass is 35.5. The van der Waals surface area contributed by atoms with E-state index in [-0.39, 0.29) is 30.3 Å². The molecular weight excluding hydrogens is 282 g/mol. The highest BCUT2D eigenvalue weighted by molar-refractivity contribution is 7.09. The van der Waals surface area contributed by atoms with Crippen molar-refractivity contribution < 1.29 is 4.79 Å². The molecule has 2 heterocycles. The van der Waals surface area contributed by atoms with Gasteiger partial charge in [-0.25, -0.2) is 4.98 Å². The molecule has 0 aliphatic carbocycles. The van der Waals surface area contributed by atoms with Crippen molar-refractivity contribution in [2.45, 2.75) is 45.7 Å². The molecule has 1 unspecified atom stereocenters. The minimum atomic E-state index is 0. The Bertz CT molecular complexity index is 424. The monoisotopic (exact) mass is 303 g/mol. The Morgan fingerprint density at radius 3 is 2.95 bits per heavy atom.